The summed E-state index contributed by atoms with van der Waals surface area (Å²) in [5.74, 6) is 0.756. The van der Waals surface area contributed by atoms with Crippen molar-refractivity contribution in [2.75, 3.05) is 11.4 Å². The zero-order valence-corrected chi connectivity index (χ0v) is 10.2. The van der Waals surface area contributed by atoms with Gasteiger partial charge in [0, 0.05) is 12.6 Å². The molecule has 3 heteroatoms. The van der Waals surface area contributed by atoms with Gasteiger partial charge in [-0.3, -0.25) is 4.98 Å². The highest BCUT2D eigenvalue weighted by Crippen LogP contribution is 2.28. The van der Waals surface area contributed by atoms with Crippen molar-refractivity contribution < 1.29 is 5.11 Å². The molecule has 2 unspecified atom stereocenters. The summed E-state index contributed by atoms with van der Waals surface area (Å²) in [7, 11) is 0. The molecule has 2 rings (SSSR count). The summed E-state index contributed by atoms with van der Waals surface area (Å²) in [6.07, 6.45) is 2.64. The van der Waals surface area contributed by atoms with Crippen molar-refractivity contribution in [1.82, 2.24) is 4.98 Å². The van der Waals surface area contributed by atoms with Crippen LogP contribution < -0.4 is 4.90 Å². The number of rotatable bonds is 2. The minimum Gasteiger partial charge on any atom is -0.387 e. The van der Waals surface area contributed by atoms with E-state index in [0.717, 1.165) is 18.2 Å². The van der Waals surface area contributed by atoms with Gasteiger partial charge in [-0.1, -0.05) is 6.92 Å². The number of aliphatic hydroxyl groups is 1. The van der Waals surface area contributed by atoms with Crippen molar-refractivity contribution in [3.8, 4) is 0 Å². The lowest BCUT2D eigenvalue weighted by Gasteiger charge is -2.23. The Morgan fingerprint density at radius 1 is 1.44 bits per heavy atom. The van der Waals surface area contributed by atoms with Crippen LogP contribution in [0.2, 0.25) is 0 Å². The van der Waals surface area contributed by atoms with Crippen molar-refractivity contribution in [3.05, 3.63) is 24.0 Å². The highest BCUT2D eigenvalue weighted by Gasteiger charge is 2.26. The van der Waals surface area contributed by atoms with Crippen molar-refractivity contribution in [1.29, 1.82) is 0 Å². The molecule has 1 aromatic rings. The Bertz CT molecular complexity index is 347. The fraction of sp³-hybridized carbons (Fsp3) is 0.615. The Balaban J connectivity index is 2.15. The fourth-order valence-electron chi connectivity index (χ4n) is 2.47. The average Bonchev–Trinajstić information content (AvgIpc) is 2.58. The average molecular weight is 220 g/mol. The standard InChI is InChI=1S/C13H20N2O/c1-9-6-10(2)15(8-9)12-4-5-13(11(3)16)14-7-12/h4-5,7,9-11,16H,6,8H2,1-3H3/t9?,10?,11-/m1/s1. The van der Waals surface area contributed by atoms with Crippen LogP contribution in [0.3, 0.4) is 0 Å². The maximum absolute atomic E-state index is 9.40. The Morgan fingerprint density at radius 3 is 2.62 bits per heavy atom. The maximum atomic E-state index is 9.40. The SMILES string of the molecule is CC1CC(C)N(c2ccc([C@@H](C)O)nc2)C1. The third-order valence-corrected chi connectivity index (χ3v) is 3.31. The van der Waals surface area contributed by atoms with E-state index in [0.29, 0.717) is 6.04 Å². The second-order valence-electron chi connectivity index (χ2n) is 4.96. The van der Waals surface area contributed by atoms with E-state index in [1.807, 2.05) is 12.3 Å². The zero-order chi connectivity index (χ0) is 11.7. The van der Waals surface area contributed by atoms with Gasteiger partial charge in [-0.05, 0) is 38.3 Å². The normalized spacial score (nSPS) is 27.1. The minimum absolute atomic E-state index is 0.482. The van der Waals surface area contributed by atoms with Gasteiger partial charge in [0.1, 0.15) is 0 Å². The van der Waals surface area contributed by atoms with E-state index in [-0.39, 0.29) is 0 Å². The Kier molecular flexibility index (Phi) is 3.15. The summed E-state index contributed by atoms with van der Waals surface area (Å²) in [5, 5.41) is 9.40. The van der Waals surface area contributed by atoms with Gasteiger partial charge in [0.15, 0.2) is 0 Å². The zero-order valence-electron chi connectivity index (χ0n) is 10.2. The molecule has 0 saturated carbocycles. The Hall–Kier alpha value is -1.09. The summed E-state index contributed by atoms with van der Waals surface area (Å²) in [4.78, 5) is 6.68. The molecule has 3 atom stereocenters. The van der Waals surface area contributed by atoms with Crippen molar-refractivity contribution in [2.24, 2.45) is 5.92 Å². The Labute approximate surface area is 97.1 Å². The number of hydrogen-bond donors (Lipinski definition) is 1. The first-order valence-corrected chi connectivity index (χ1v) is 5.98. The van der Waals surface area contributed by atoms with Crippen LogP contribution >= 0.6 is 0 Å². The predicted octanol–water partition coefficient (Wildman–Crippen LogP) is 2.37. The molecule has 0 radical (unpaired) electrons. The number of pyridine rings is 1. The largest absolute Gasteiger partial charge is 0.387 e. The van der Waals surface area contributed by atoms with Gasteiger partial charge in [-0.25, -0.2) is 0 Å². The fourth-order valence-corrected chi connectivity index (χ4v) is 2.47. The van der Waals surface area contributed by atoms with Crippen LogP contribution in [0.25, 0.3) is 0 Å². The van der Waals surface area contributed by atoms with Crippen LogP contribution in [0, 0.1) is 5.92 Å². The molecule has 1 saturated heterocycles. The molecule has 1 aliphatic rings. The lowest BCUT2D eigenvalue weighted by molar-refractivity contribution is 0.194. The van der Waals surface area contributed by atoms with Crippen molar-refractivity contribution in [2.45, 2.75) is 39.3 Å². The molecule has 0 aromatic carbocycles. The van der Waals surface area contributed by atoms with Gasteiger partial charge in [0.2, 0.25) is 0 Å². The molecule has 88 valence electrons. The first kappa shape index (κ1) is 11.4. The van der Waals surface area contributed by atoms with Gasteiger partial charge >= 0.3 is 0 Å². The molecular weight excluding hydrogens is 200 g/mol. The van der Waals surface area contributed by atoms with Gasteiger partial charge in [0.25, 0.3) is 0 Å². The van der Waals surface area contributed by atoms with E-state index in [1.165, 1.54) is 12.1 Å². The Morgan fingerprint density at radius 2 is 2.19 bits per heavy atom. The summed E-state index contributed by atoms with van der Waals surface area (Å²) < 4.78 is 0. The van der Waals surface area contributed by atoms with E-state index < -0.39 is 6.10 Å². The van der Waals surface area contributed by atoms with Crippen LogP contribution in [0.4, 0.5) is 5.69 Å². The molecule has 16 heavy (non-hydrogen) atoms. The van der Waals surface area contributed by atoms with Gasteiger partial charge in [-0.15, -0.1) is 0 Å². The summed E-state index contributed by atoms with van der Waals surface area (Å²) in [6.45, 7) is 7.39. The van der Waals surface area contributed by atoms with Gasteiger partial charge < -0.3 is 10.0 Å². The van der Waals surface area contributed by atoms with Crippen LogP contribution in [0.5, 0.6) is 0 Å². The third kappa shape index (κ3) is 2.19. The van der Waals surface area contributed by atoms with E-state index in [4.69, 9.17) is 0 Å². The third-order valence-electron chi connectivity index (χ3n) is 3.31. The molecule has 3 nitrogen and oxygen atoms in total. The molecule has 1 N–H and O–H groups in total. The maximum Gasteiger partial charge on any atom is 0.0931 e. The van der Waals surface area contributed by atoms with E-state index in [1.54, 1.807) is 6.92 Å². The number of nitrogens with zero attached hydrogens (tertiary/aromatic N) is 2. The predicted molar refractivity (Wildman–Crippen MR) is 65.5 cm³/mol. The summed E-state index contributed by atoms with van der Waals surface area (Å²) in [6, 6.07) is 4.56. The van der Waals surface area contributed by atoms with Crippen molar-refractivity contribution >= 4 is 5.69 Å². The number of anilines is 1. The highest BCUT2D eigenvalue weighted by molar-refractivity contribution is 5.47. The smallest absolute Gasteiger partial charge is 0.0931 e. The van der Waals surface area contributed by atoms with Crippen LogP contribution in [0.15, 0.2) is 18.3 Å². The first-order valence-electron chi connectivity index (χ1n) is 5.98. The molecule has 0 aliphatic carbocycles. The highest BCUT2D eigenvalue weighted by atomic mass is 16.3. The lowest BCUT2D eigenvalue weighted by atomic mass is 10.1. The van der Waals surface area contributed by atoms with Gasteiger partial charge in [0.05, 0.1) is 23.7 Å². The first-order chi connectivity index (χ1) is 7.58. The second kappa shape index (κ2) is 4.42. The van der Waals surface area contributed by atoms with Crippen LogP contribution in [-0.4, -0.2) is 22.7 Å². The van der Waals surface area contributed by atoms with E-state index >= 15 is 0 Å². The molecule has 2 heterocycles. The summed E-state index contributed by atoms with van der Waals surface area (Å²) >= 11 is 0. The molecule has 0 spiro atoms. The number of aromatic nitrogens is 1. The summed E-state index contributed by atoms with van der Waals surface area (Å²) in [5.41, 5.74) is 1.91. The number of hydrogen-bond acceptors (Lipinski definition) is 3. The van der Waals surface area contributed by atoms with Crippen LogP contribution in [-0.2, 0) is 0 Å². The molecule has 0 amide bonds. The van der Waals surface area contributed by atoms with Gasteiger partial charge in [-0.2, -0.15) is 0 Å². The molecule has 0 bridgehead atoms. The van der Waals surface area contributed by atoms with E-state index in [2.05, 4.69) is 29.8 Å². The second-order valence-corrected chi connectivity index (χ2v) is 4.96. The quantitative estimate of drug-likeness (QED) is 0.831. The van der Waals surface area contributed by atoms with Crippen LogP contribution in [0.1, 0.15) is 39.0 Å². The molecule has 1 aliphatic heterocycles. The van der Waals surface area contributed by atoms with E-state index in [9.17, 15) is 5.11 Å². The molecule has 1 fully saturated rings. The molecule has 1 aromatic heterocycles. The molecular formula is C13H20N2O. The number of aliphatic hydroxyl groups excluding tert-OH is 1. The van der Waals surface area contributed by atoms with Crippen molar-refractivity contribution in [3.63, 3.8) is 0 Å². The monoisotopic (exact) mass is 220 g/mol. The minimum atomic E-state index is -0.482. The topological polar surface area (TPSA) is 36.4 Å². The lowest BCUT2D eigenvalue weighted by Crippen LogP contribution is -2.26.